The minimum atomic E-state index is -0.0982. The van der Waals surface area contributed by atoms with E-state index in [1.807, 2.05) is 12.1 Å². The highest BCUT2D eigenvalue weighted by Gasteiger charge is 2.26. The van der Waals surface area contributed by atoms with Gasteiger partial charge in [0.05, 0.1) is 18.3 Å². The molecule has 23 heavy (non-hydrogen) atoms. The number of para-hydroxylation sites is 1. The number of hydrogen-bond acceptors (Lipinski definition) is 2. The zero-order valence-electron chi connectivity index (χ0n) is 13.7. The van der Waals surface area contributed by atoms with Crippen LogP contribution < -0.4 is 20.4 Å². The Morgan fingerprint density at radius 2 is 1.83 bits per heavy atom. The average molecular weight is 318 g/mol. The Morgan fingerprint density at radius 1 is 1.13 bits per heavy atom. The van der Waals surface area contributed by atoms with Gasteiger partial charge in [-0.3, -0.25) is 9.59 Å². The van der Waals surface area contributed by atoms with Crippen LogP contribution >= 0.6 is 0 Å². The first-order chi connectivity index (χ1) is 11.1. The molecule has 3 rings (SSSR count). The van der Waals surface area contributed by atoms with Crippen molar-refractivity contribution in [2.75, 3.05) is 45.1 Å². The Labute approximate surface area is 136 Å². The third-order valence-corrected chi connectivity index (χ3v) is 4.58. The van der Waals surface area contributed by atoms with Crippen LogP contribution in [-0.2, 0) is 4.79 Å². The van der Waals surface area contributed by atoms with Crippen molar-refractivity contribution in [2.24, 2.45) is 0 Å². The van der Waals surface area contributed by atoms with Crippen LogP contribution in [0.2, 0.25) is 0 Å². The minimum Gasteiger partial charge on any atom is -0.349 e. The number of anilines is 1. The quantitative estimate of drug-likeness (QED) is 0.504. The molecule has 1 heterocycles. The molecular weight excluding hydrogens is 292 g/mol. The molecular formula is C17H26N4O2+2. The molecule has 1 aromatic carbocycles. The summed E-state index contributed by atoms with van der Waals surface area (Å²) in [6.45, 7) is 4.70. The first-order valence-corrected chi connectivity index (χ1v) is 8.46. The lowest BCUT2D eigenvalue weighted by Gasteiger charge is -2.26. The van der Waals surface area contributed by atoms with Crippen LogP contribution in [0.3, 0.4) is 0 Å². The van der Waals surface area contributed by atoms with Gasteiger partial charge in [0.25, 0.3) is 11.8 Å². The van der Waals surface area contributed by atoms with Gasteiger partial charge >= 0.3 is 0 Å². The van der Waals surface area contributed by atoms with Crippen LogP contribution in [0.5, 0.6) is 0 Å². The second kappa shape index (κ2) is 7.10. The first-order valence-electron chi connectivity index (χ1n) is 8.46. The number of quaternary nitrogens is 2. The highest BCUT2D eigenvalue weighted by Crippen LogP contribution is 2.21. The predicted octanol–water partition coefficient (Wildman–Crippen LogP) is -2.07. The van der Waals surface area contributed by atoms with Gasteiger partial charge in [-0.25, -0.2) is 0 Å². The smallest absolute Gasteiger partial charge is 0.279 e. The van der Waals surface area contributed by atoms with E-state index >= 15 is 0 Å². The molecule has 1 saturated carbocycles. The lowest BCUT2D eigenvalue weighted by Crippen LogP contribution is -3.27. The van der Waals surface area contributed by atoms with Gasteiger partial charge in [-0.1, -0.05) is 12.1 Å². The summed E-state index contributed by atoms with van der Waals surface area (Å²) in [6, 6.07) is 7.54. The number of carbonyl (C=O) groups excluding carboxylic acids is 2. The molecule has 0 radical (unpaired) electrons. The van der Waals surface area contributed by atoms with Crippen molar-refractivity contribution in [3.8, 4) is 0 Å². The molecule has 0 aromatic heterocycles. The van der Waals surface area contributed by atoms with Crippen molar-refractivity contribution >= 4 is 17.5 Å². The number of nitrogens with one attached hydrogen (secondary N) is 4. The molecule has 6 heteroatoms. The van der Waals surface area contributed by atoms with E-state index < -0.39 is 0 Å². The number of hydrogen-bond donors (Lipinski definition) is 4. The topological polar surface area (TPSA) is 67.1 Å². The fourth-order valence-electron chi connectivity index (χ4n) is 2.91. The molecule has 1 aliphatic heterocycles. The minimum absolute atomic E-state index is 0.0220. The molecule has 0 unspecified atom stereocenters. The molecule has 124 valence electrons. The number of rotatable bonds is 5. The van der Waals surface area contributed by atoms with Crippen LogP contribution in [0.4, 0.5) is 5.69 Å². The van der Waals surface area contributed by atoms with Gasteiger partial charge in [0.1, 0.15) is 26.2 Å². The molecule has 2 amide bonds. The SMILES string of the molecule is C[NH+]1CC[NH+](CC(=O)Nc2ccccc2C(=O)NC2CC2)CC1. The molecule has 6 nitrogen and oxygen atoms in total. The van der Waals surface area contributed by atoms with Crippen LogP contribution in [0.25, 0.3) is 0 Å². The lowest BCUT2D eigenvalue weighted by atomic mass is 10.1. The molecule has 1 aromatic rings. The normalized spacial score (nSPS) is 24.0. The van der Waals surface area contributed by atoms with Gasteiger partial charge in [0, 0.05) is 6.04 Å². The Kier molecular flexibility index (Phi) is 4.93. The third kappa shape index (κ3) is 4.53. The maximum atomic E-state index is 12.3. The summed E-state index contributed by atoms with van der Waals surface area (Å²) in [5.41, 5.74) is 1.15. The maximum absolute atomic E-state index is 12.3. The predicted molar refractivity (Wildman–Crippen MR) is 87.7 cm³/mol. The highest BCUT2D eigenvalue weighted by atomic mass is 16.2. The fourth-order valence-corrected chi connectivity index (χ4v) is 2.91. The molecule has 0 bridgehead atoms. The summed E-state index contributed by atoms with van der Waals surface area (Å²) in [7, 11) is 2.19. The second-order valence-corrected chi connectivity index (χ2v) is 6.73. The van der Waals surface area contributed by atoms with Crippen LogP contribution in [-0.4, -0.2) is 57.6 Å². The van der Waals surface area contributed by atoms with Crippen molar-refractivity contribution in [1.29, 1.82) is 0 Å². The van der Waals surface area contributed by atoms with Gasteiger partial charge < -0.3 is 20.4 Å². The summed E-state index contributed by atoms with van der Waals surface area (Å²) >= 11 is 0. The zero-order valence-corrected chi connectivity index (χ0v) is 13.7. The summed E-state index contributed by atoms with van der Waals surface area (Å²) in [5, 5.41) is 5.89. The van der Waals surface area contributed by atoms with E-state index in [-0.39, 0.29) is 11.8 Å². The van der Waals surface area contributed by atoms with Crippen molar-refractivity contribution < 1.29 is 19.4 Å². The van der Waals surface area contributed by atoms with E-state index in [0.717, 1.165) is 39.0 Å². The van der Waals surface area contributed by atoms with Crippen molar-refractivity contribution in [1.82, 2.24) is 5.32 Å². The molecule has 2 aliphatic rings. The van der Waals surface area contributed by atoms with E-state index in [9.17, 15) is 9.59 Å². The van der Waals surface area contributed by atoms with Gasteiger partial charge in [0.2, 0.25) is 0 Å². The van der Waals surface area contributed by atoms with Gasteiger partial charge in [-0.05, 0) is 25.0 Å². The number of amides is 2. The summed E-state index contributed by atoms with van der Waals surface area (Å²) in [5.74, 6) is -0.120. The first kappa shape index (κ1) is 16.0. The average Bonchev–Trinajstić information content (AvgIpc) is 3.34. The second-order valence-electron chi connectivity index (χ2n) is 6.73. The van der Waals surface area contributed by atoms with Gasteiger partial charge in [-0.15, -0.1) is 0 Å². The van der Waals surface area contributed by atoms with E-state index in [2.05, 4.69) is 17.7 Å². The number of likely N-dealkylation sites (N-methyl/N-ethyl adjacent to an activating group) is 1. The lowest BCUT2D eigenvalue weighted by molar-refractivity contribution is -0.999. The summed E-state index contributed by atoms with van der Waals surface area (Å²) in [6.07, 6.45) is 2.10. The highest BCUT2D eigenvalue weighted by molar-refractivity contribution is 6.04. The zero-order chi connectivity index (χ0) is 16.2. The monoisotopic (exact) mass is 318 g/mol. The maximum Gasteiger partial charge on any atom is 0.279 e. The van der Waals surface area contributed by atoms with Crippen molar-refractivity contribution in [3.63, 3.8) is 0 Å². The molecule has 2 fully saturated rings. The molecule has 4 N–H and O–H groups in total. The van der Waals surface area contributed by atoms with E-state index in [1.165, 1.54) is 9.80 Å². The Morgan fingerprint density at radius 3 is 2.52 bits per heavy atom. The van der Waals surface area contributed by atoms with E-state index in [4.69, 9.17) is 0 Å². The van der Waals surface area contributed by atoms with Crippen LogP contribution in [0.15, 0.2) is 24.3 Å². The number of carbonyl (C=O) groups is 2. The molecule has 0 spiro atoms. The largest absolute Gasteiger partial charge is 0.349 e. The fraction of sp³-hybridized carbons (Fsp3) is 0.529. The molecule has 1 saturated heterocycles. The van der Waals surface area contributed by atoms with Crippen molar-refractivity contribution in [2.45, 2.75) is 18.9 Å². The molecule has 0 atom stereocenters. The Balaban J connectivity index is 1.58. The number of piperazine rings is 1. The Bertz CT molecular complexity index is 578. The van der Waals surface area contributed by atoms with E-state index in [1.54, 1.807) is 12.1 Å². The molecule has 1 aliphatic carbocycles. The van der Waals surface area contributed by atoms with Gasteiger partial charge in [-0.2, -0.15) is 0 Å². The standard InChI is InChI=1S/C17H24N4O2/c1-20-8-10-21(11-9-20)12-16(22)19-15-5-3-2-4-14(15)17(23)18-13-6-7-13/h2-5,13H,6-12H2,1H3,(H,18,23)(H,19,22)/p+2. The van der Waals surface area contributed by atoms with E-state index in [0.29, 0.717) is 23.8 Å². The number of benzene rings is 1. The van der Waals surface area contributed by atoms with Crippen LogP contribution in [0.1, 0.15) is 23.2 Å². The Hall–Kier alpha value is -1.92. The van der Waals surface area contributed by atoms with Crippen molar-refractivity contribution in [3.05, 3.63) is 29.8 Å². The van der Waals surface area contributed by atoms with Gasteiger partial charge in [0.15, 0.2) is 6.54 Å². The summed E-state index contributed by atoms with van der Waals surface area (Å²) < 4.78 is 0. The third-order valence-electron chi connectivity index (χ3n) is 4.58. The summed E-state index contributed by atoms with van der Waals surface area (Å²) in [4.78, 5) is 27.4. The van der Waals surface area contributed by atoms with Crippen LogP contribution in [0, 0.1) is 0 Å².